The Morgan fingerprint density at radius 1 is 1.37 bits per heavy atom. The molecule has 0 fully saturated rings. The van der Waals surface area contributed by atoms with E-state index in [-0.39, 0.29) is 17.5 Å². The summed E-state index contributed by atoms with van der Waals surface area (Å²) >= 11 is 0. The molecule has 2 unspecified atom stereocenters. The first-order chi connectivity index (χ1) is 12.6. The Balaban J connectivity index is 1.77. The zero-order valence-electron chi connectivity index (χ0n) is 15.8. The van der Waals surface area contributed by atoms with Gasteiger partial charge in [-0.25, -0.2) is 9.78 Å². The van der Waals surface area contributed by atoms with Gasteiger partial charge in [0.05, 0.1) is 11.3 Å². The van der Waals surface area contributed by atoms with Crippen LogP contribution in [0.25, 0.3) is 11.3 Å². The molecular weight excluding hydrogens is 346 g/mol. The van der Waals surface area contributed by atoms with E-state index in [2.05, 4.69) is 4.98 Å². The highest BCUT2D eigenvalue weighted by molar-refractivity contribution is 5.89. The van der Waals surface area contributed by atoms with Gasteiger partial charge in [0.2, 0.25) is 0 Å². The first kappa shape index (κ1) is 19.1. The molecule has 0 amide bonds. The van der Waals surface area contributed by atoms with Crippen LogP contribution in [0.2, 0.25) is 0 Å². The second-order valence-corrected chi connectivity index (χ2v) is 7.93. The number of rotatable bonds is 4. The van der Waals surface area contributed by atoms with E-state index in [1.54, 1.807) is 18.2 Å². The lowest BCUT2D eigenvalue weighted by atomic mass is 9.90. The van der Waals surface area contributed by atoms with Crippen LogP contribution in [0.4, 0.5) is 0 Å². The van der Waals surface area contributed by atoms with Gasteiger partial charge in [0, 0.05) is 24.7 Å². The fourth-order valence-electron chi connectivity index (χ4n) is 3.27. The Kier molecular flexibility index (Phi) is 5.06. The van der Waals surface area contributed by atoms with Crippen molar-refractivity contribution in [3.63, 3.8) is 0 Å². The normalized spacial score (nSPS) is 17.9. The Bertz CT molecular complexity index is 866. The Hall–Kier alpha value is -2.67. The predicted molar refractivity (Wildman–Crippen MR) is 100 cm³/mol. The van der Waals surface area contributed by atoms with Crippen LogP contribution in [0.5, 0.6) is 0 Å². The van der Waals surface area contributed by atoms with Crippen molar-refractivity contribution in [1.82, 2.24) is 9.55 Å². The largest absolute Gasteiger partial charge is 0.478 e. The first-order valence-corrected chi connectivity index (χ1v) is 9.02. The number of aromatic carboxylic acids is 1. The standard InChI is InChI=1S/C20H25N3O4/c1-20(2,3)27-19(26)17(21)13-7-8-23-11-15(22-16(23)10-13)12-5-4-6-14(9-12)18(24)25/h4-6,9,11,13,17H,7-8,10,21H2,1-3H3,(H,24,25). The van der Waals surface area contributed by atoms with Gasteiger partial charge in [-0.05, 0) is 45.2 Å². The van der Waals surface area contributed by atoms with E-state index in [0.29, 0.717) is 13.0 Å². The highest BCUT2D eigenvalue weighted by atomic mass is 16.6. The van der Waals surface area contributed by atoms with Crippen LogP contribution in [-0.2, 0) is 22.5 Å². The van der Waals surface area contributed by atoms with Crippen LogP contribution in [-0.4, -0.2) is 38.2 Å². The monoisotopic (exact) mass is 371 g/mol. The van der Waals surface area contributed by atoms with Crippen molar-refractivity contribution in [2.24, 2.45) is 11.7 Å². The molecule has 0 bridgehead atoms. The number of ether oxygens (including phenoxy) is 1. The number of nitrogens with zero attached hydrogens (tertiary/aromatic N) is 2. The van der Waals surface area contributed by atoms with E-state index in [0.717, 1.165) is 23.5 Å². The van der Waals surface area contributed by atoms with Crippen LogP contribution in [0.1, 0.15) is 43.4 Å². The molecule has 1 aliphatic heterocycles. The molecule has 3 rings (SSSR count). The Labute approximate surface area is 158 Å². The van der Waals surface area contributed by atoms with Crippen molar-refractivity contribution in [1.29, 1.82) is 0 Å². The maximum absolute atomic E-state index is 12.3. The number of nitrogens with two attached hydrogens (primary N) is 1. The summed E-state index contributed by atoms with van der Waals surface area (Å²) in [5.74, 6) is -0.542. The average molecular weight is 371 g/mol. The number of fused-ring (bicyclic) bond motifs is 1. The molecule has 7 heteroatoms. The number of carbonyl (C=O) groups excluding carboxylic acids is 1. The van der Waals surface area contributed by atoms with Gasteiger partial charge in [-0.3, -0.25) is 4.79 Å². The number of aryl methyl sites for hydroxylation is 1. The summed E-state index contributed by atoms with van der Waals surface area (Å²) in [6.07, 6.45) is 3.27. The van der Waals surface area contributed by atoms with Crippen molar-refractivity contribution in [2.45, 2.75) is 51.8 Å². The summed E-state index contributed by atoms with van der Waals surface area (Å²) in [5.41, 5.74) is 7.29. The molecule has 2 aromatic rings. The fourth-order valence-corrected chi connectivity index (χ4v) is 3.27. The van der Waals surface area contributed by atoms with Crippen LogP contribution >= 0.6 is 0 Å². The molecule has 1 aromatic carbocycles. The van der Waals surface area contributed by atoms with Crippen molar-refractivity contribution in [3.8, 4) is 11.3 Å². The number of benzene rings is 1. The zero-order chi connectivity index (χ0) is 19.8. The van der Waals surface area contributed by atoms with Gasteiger partial charge in [-0.1, -0.05) is 12.1 Å². The van der Waals surface area contributed by atoms with Crippen LogP contribution in [0.3, 0.4) is 0 Å². The number of imidazole rings is 1. The van der Waals surface area contributed by atoms with Gasteiger partial charge in [-0.15, -0.1) is 0 Å². The number of esters is 1. The van der Waals surface area contributed by atoms with Gasteiger partial charge in [0.15, 0.2) is 0 Å². The maximum atomic E-state index is 12.3. The van der Waals surface area contributed by atoms with Gasteiger partial charge in [0.1, 0.15) is 17.5 Å². The van der Waals surface area contributed by atoms with Crippen LogP contribution < -0.4 is 5.73 Å². The summed E-state index contributed by atoms with van der Waals surface area (Å²) in [6, 6.07) is 6.02. The van der Waals surface area contributed by atoms with Crippen LogP contribution in [0, 0.1) is 5.92 Å². The van der Waals surface area contributed by atoms with Gasteiger partial charge in [-0.2, -0.15) is 0 Å². The molecule has 0 saturated heterocycles. The third-order valence-corrected chi connectivity index (χ3v) is 4.64. The number of hydrogen-bond donors (Lipinski definition) is 2. The molecule has 3 N–H and O–H groups in total. The summed E-state index contributed by atoms with van der Waals surface area (Å²) in [7, 11) is 0. The van der Waals surface area contributed by atoms with Gasteiger partial charge in [0.25, 0.3) is 0 Å². The smallest absolute Gasteiger partial charge is 0.335 e. The molecule has 27 heavy (non-hydrogen) atoms. The lowest BCUT2D eigenvalue weighted by Crippen LogP contribution is -2.45. The molecule has 0 aliphatic carbocycles. The predicted octanol–water partition coefficient (Wildman–Crippen LogP) is 2.48. The number of carbonyl (C=O) groups is 2. The van der Waals surface area contributed by atoms with E-state index in [1.807, 2.05) is 37.6 Å². The molecule has 7 nitrogen and oxygen atoms in total. The van der Waals surface area contributed by atoms with Gasteiger partial charge < -0.3 is 20.1 Å². The number of aromatic nitrogens is 2. The van der Waals surface area contributed by atoms with Crippen molar-refractivity contribution < 1.29 is 19.4 Å². The molecule has 144 valence electrons. The SMILES string of the molecule is CC(C)(C)OC(=O)C(N)C1CCn2cc(-c3cccc(C(=O)O)c3)nc2C1. The minimum Gasteiger partial charge on any atom is -0.478 e. The van der Waals surface area contributed by atoms with E-state index < -0.39 is 17.6 Å². The summed E-state index contributed by atoms with van der Waals surface area (Å²) in [4.78, 5) is 28.1. The summed E-state index contributed by atoms with van der Waals surface area (Å²) in [6.45, 7) is 6.18. The molecule has 2 atom stereocenters. The topological polar surface area (TPSA) is 107 Å². The molecule has 0 radical (unpaired) electrons. The molecule has 2 heterocycles. The quantitative estimate of drug-likeness (QED) is 0.800. The lowest BCUT2D eigenvalue weighted by Gasteiger charge is -2.29. The summed E-state index contributed by atoms with van der Waals surface area (Å²) < 4.78 is 7.45. The molecule has 1 aliphatic rings. The van der Waals surface area contributed by atoms with E-state index in [1.165, 1.54) is 0 Å². The summed E-state index contributed by atoms with van der Waals surface area (Å²) in [5, 5.41) is 9.16. The minimum atomic E-state index is -0.968. The molecule has 0 saturated carbocycles. The lowest BCUT2D eigenvalue weighted by molar-refractivity contribution is -0.158. The van der Waals surface area contributed by atoms with Crippen molar-refractivity contribution >= 4 is 11.9 Å². The maximum Gasteiger partial charge on any atom is 0.335 e. The van der Waals surface area contributed by atoms with E-state index in [4.69, 9.17) is 15.6 Å². The molecular formula is C20H25N3O4. The van der Waals surface area contributed by atoms with Crippen molar-refractivity contribution in [3.05, 3.63) is 41.9 Å². The van der Waals surface area contributed by atoms with E-state index >= 15 is 0 Å². The number of carboxylic acids is 1. The minimum absolute atomic E-state index is 0.0343. The molecule has 0 spiro atoms. The second kappa shape index (κ2) is 7.15. The fraction of sp³-hybridized carbons (Fsp3) is 0.450. The van der Waals surface area contributed by atoms with Crippen LogP contribution in [0.15, 0.2) is 30.5 Å². The zero-order valence-corrected chi connectivity index (χ0v) is 15.8. The first-order valence-electron chi connectivity index (χ1n) is 9.02. The Morgan fingerprint density at radius 3 is 2.78 bits per heavy atom. The second-order valence-electron chi connectivity index (χ2n) is 7.93. The number of carboxylic acid groups (broad SMARTS) is 1. The third-order valence-electron chi connectivity index (χ3n) is 4.64. The van der Waals surface area contributed by atoms with E-state index in [9.17, 15) is 9.59 Å². The average Bonchev–Trinajstić information content (AvgIpc) is 3.03. The van der Waals surface area contributed by atoms with Gasteiger partial charge >= 0.3 is 11.9 Å². The third kappa shape index (κ3) is 4.36. The highest BCUT2D eigenvalue weighted by Gasteiger charge is 2.32. The highest BCUT2D eigenvalue weighted by Crippen LogP contribution is 2.27. The Morgan fingerprint density at radius 2 is 2.11 bits per heavy atom. The number of hydrogen-bond acceptors (Lipinski definition) is 5. The van der Waals surface area contributed by atoms with Crippen molar-refractivity contribution in [2.75, 3.05) is 0 Å². The molecule has 1 aromatic heterocycles.